The minimum absolute atomic E-state index is 0.0777. The van der Waals surface area contributed by atoms with Gasteiger partial charge in [0.15, 0.2) is 0 Å². The third-order valence-corrected chi connectivity index (χ3v) is 5.23. The molecule has 0 heterocycles. The largest absolute Gasteiger partial charge is 0.350 e. The molecule has 1 aromatic carbocycles. The van der Waals surface area contributed by atoms with Crippen LogP contribution in [-0.2, 0) is 14.8 Å². The fourth-order valence-corrected chi connectivity index (χ4v) is 3.49. The van der Waals surface area contributed by atoms with Crippen molar-refractivity contribution in [2.75, 3.05) is 13.6 Å². The van der Waals surface area contributed by atoms with Crippen LogP contribution in [0.1, 0.15) is 51.4 Å². The van der Waals surface area contributed by atoms with Gasteiger partial charge in [-0.2, -0.15) is 0 Å². The molecule has 1 unspecified atom stereocenters. The van der Waals surface area contributed by atoms with Gasteiger partial charge in [-0.3, -0.25) is 9.59 Å². The molecule has 2 N–H and O–H groups in total. The summed E-state index contributed by atoms with van der Waals surface area (Å²) in [5.41, 5.74) is -0.0573. The zero-order chi connectivity index (χ0) is 20.1. The highest BCUT2D eigenvalue weighted by Gasteiger charge is 2.20. The Labute approximate surface area is 156 Å². The zero-order valence-corrected chi connectivity index (χ0v) is 17.1. The van der Waals surface area contributed by atoms with Crippen molar-refractivity contribution in [1.29, 1.82) is 0 Å². The molecule has 0 saturated heterocycles. The summed E-state index contributed by atoms with van der Waals surface area (Å²) >= 11 is 0. The first kappa shape index (κ1) is 22.1. The van der Waals surface area contributed by atoms with Gasteiger partial charge >= 0.3 is 0 Å². The van der Waals surface area contributed by atoms with Crippen LogP contribution >= 0.6 is 0 Å². The van der Waals surface area contributed by atoms with Crippen molar-refractivity contribution >= 4 is 21.8 Å². The molecule has 0 aliphatic heterocycles. The number of nitrogens with zero attached hydrogens (tertiary/aromatic N) is 1. The number of hydrogen-bond donors (Lipinski definition) is 2. The Balaban J connectivity index is 2.81. The number of amides is 2. The predicted molar refractivity (Wildman–Crippen MR) is 101 cm³/mol. The maximum atomic E-state index is 12.4. The molecule has 0 fully saturated rings. The van der Waals surface area contributed by atoms with Crippen LogP contribution in [0.15, 0.2) is 29.2 Å². The molecule has 0 saturated carbocycles. The SMILES string of the molecule is CCC(C)NS(=O)(=O)c1ccc(C(=O)N(C)CC(=O)NC(C)(C)C)cc1. The van der Waals surface area contributed by atoms with Crippen molar-refractivity contribution in [3.8, 4) is 0 Å². The van der Waals surface area contributed by atoms with Crippen LogP contribution in [0.3, 0.4) is 0 Å². The Kier molecular flexibility index (Phi) is 7.35. The van der Waals surface area contributed by atoms with E-state index < -0.39 is 10.0 Å². The van der Waals surface area contributed by atoms with Gasteiger partial charge in [0, 0.05) is 24.2 Å². The van der Waals surface area contributed by atoms with Crippen molar-refractivity contribution in [2.45, 2.75) is 57.5 Å². The third-order valence-electron chi connectivity index (χ3n) is 3.62. The molecule has 146 valence electrons. The lowest BCUT2D eigenvalue weighted by Gasteiger charge is -2.23. The number of carbonyl (C=O) groups is 2. The van der Waals surface area contributed by atoms with Crippen molar-refractivity contribution in [2.24, 2.45) is 0 Å². The van der Waals surface area contributed by atoms with E-state index in [0.29, 0.717) is 12.0 Å². The minimum atomic E-state index is -3.61. The molecular weight excluding hydrogens is 354 g/mol. The molecule has 0 aliphatic rings. The van der Waals surface area contributed by atoms with Crippen LogP contribution in [-0.4, -0.2) is 50.3 Å². The quantitative estimate of drug-likeness (QED) is 0.750. The third kappa shape index (κ3) is 6.76. The summed E-state index contributed by atoms with van der Waals surface area (Å²) in [5, 5.41) is 2.79. The van der Waals surface area contributed by atoms with E-state index in [-0.39, 0.29) is 34.8 Å². The highest BCUT2D eigenvalue weighted by atomic mass is 32.2. The van der Waals surface area contributed by atoms with Gasteiger partial charge in [-0.25, -0.2) is 13.1 Å². The summed E-state index contributed by atoms with van der Waals surface area (Å²) in [6, 6.07) is 5.51. The molecular formula is C18H29N3O4S. The van der Waals surface area contributed by atoms with Gasteiger partial charge in [0.25, 0.3) is 5.91 Å². The minimum Gasteiger partial charge on any atom is -0.350 e. The Morgan fingerprint density at radius 3 is 2.15 bits per heavy atom. The van der Waals surface area contributed by atoms with E-state index in [4.69, 9.17) is 0 Å². The molecule has 0 aliphatic carbocycles. The van der Waals surface area contributed by atoms with Crippen molar-refractivity contribution in [3.63, 3.8) is 0 Å². The first-order chi connectivity index (χ1) is 11.9. The monoisotopic (exact) mass is 383 g/mol. The average Bonchev–Trinajstić information content (AvgIpc) is 2.51. The normalized spacial score (nSPS) is 13.2. The standard InChI is InChI=1S/C18H29N3O4S/c1-7-13(2)20-26(24,25)15-10-8-14(9-11-15)17(23)21(6)12-16(22)19-18(3,4)5/h8-11,13,20H,7,12H2,1-6H3,(H,19,22). The Hall–Kier alpha value is -1.93. The van der Waals surface area contributed by atoms with Gasteiger partial charge < -0.3 is 10.2 Å². The molecule has 0 bridgehead atoms. The second-order valence-corrected chi connectivity index (χ2v) is 9.13. The topological polar surface area (TPSA) is 95.6 Å². The number of sulfonamides is 1. The van der Waals surface area contributed by atoms with Crippen LogP contribution in [0.5, 0.6) is 0 Å². The van der Waals surface area contributed by atoms with Crippen molar-refractivity contribution in [3.05, 3.63) is 29.8 Å². The lowest BCUT2D eigenvalue weighted by molar-refractivity contribution is -0.122. The summed E-state index contributed by atoms with van der Waals surface area (Å²) in [4.78, 5) is 25.7. The molecule has 1 aromatic rings. The number of rotatable bonds is 7. The smallest absolute Gasteiger partial charge is 0.254 e. The maximum Gasteiger partial charge on any atom is 0.254 e. The van der Waals surface area contributed by atoms with Crippen LogP contribution in [0.4, 0.5) is 0 Å². The van der Waals surface area contributed by atoms with Crippen molar-refractivity contribution < 1.29 is 18.0 Å². The van der Waals surface area contributed by atoms with Gasteiger partial charge in [0.1, 0.15) is 0 Å². The van der Waals surface area contributed by atoms with Crippen LogP contribution < -0.4 is 10.0 Å². The first-order valence-corrected chi connectivity index (χ1v) is 10.0. The van der Waals surface area contributed by atoms with Crippen LogP contribution in [0.2, 0.25) is 0 Å². The maximum absolute atomic E-state index is 12.4. The molecule has 0 spiro atoms. The average molecular weight is 384 g/mol. The summed E-state index contributed by atoms with van der Waals surface area (Å²) in [6.07, 6.45) is 0.678. The summed E-state index contributed by atoms with van der Waals surface area (Å²) in [7, 11) is -2.09. The molecule has 26 heavy (non-hydrogen) atoms. The van der Waals surface area contributed by atoms with Gasteiger partial charge in [-0.1, -0.05) is 6.92 Å². The fraction of sp³-hybridized carbons (Fsp3) is 0.556. The van der Waals surface area contributed by atoms with Gasteiger partial charge in [0.05, 0.1) is 11.4 Å². The highest BCUT2D eigenvalue weighted by molar-refractivity contribution is 7.89. The summed E-state index contributed by atoms with van der Waals surface area (Å²) in [6.45, 7) is 9.18. The molecule has 8 heteroatoms. The predicted octanol–water partition coefficient (Wildman–Crippen LogP) is 1.75. The Morgan fingerprint density at radius 2 is 1.69 bits per heavy atom. The second-order valence-electron chi connectivity index (χ2n) is 7.41. The van der Waals surface area contributed by atoms with E-state index in [1.54, 1.807) is 6.92 Å². The Morgan fingerprint density at radius 1 is 1.15 bits per heavy atom. The van der Waals surface area contributed by atoms with E-state index in [1.807, 2.05) is 27.7 Å². The van der Waals surface area contributed by atoms with E-state index in [0.717, 1.165) is 0 Å². The number of benzene rings is 1. The van der Waals surface area contributed by atoms with E-state index in [2.05, 4.69) is 10.0 Å². The van der Waals surface area contributed by atoms with E-state index in [9.17, 15) is 18.0 Å². The summed E-state index contributed by atoms with van der Waals surface area (Å²) in [5.74, 6) is -0.613. The molecule has 0 aromatic heterocycles. The fourth-order valence-electron chi connectivity index (χ4n) is 2.16. The molecule has 0 radical (unpaired) electrons. The number of carbonyl (C=O) groups excluding carboxylic acids is 2. The molecule has 2 amide bonds. The van der Waals surface area contributed by atoms with Gasteiger partial charge in [-0.15, -0.1) is 0 Å². The second kappa shape index (κ2) is 8.64. The molecule has 1 atom stereocenters. The first-order valence-electron chi connectivity index (χ1n) is 8.54. The lowest BCUT2D eigenvalue weighted by Crippen LogP contribution is -2.46. The van der Waals surface area contributed by atoms with E-state index in [1.165, 1.54) is 36.2 Å². The van der Waals surface area contributed by atoms with Gasteiger partial charge in [-0.05, 0) is 58.4 Å². The Bertz CT molecular complexity index is 737. The summed E-state index contributed by atoms with van der Waals surface area (Å²) < 4.78 is 27.0. The van der Waals surface area contributed by atoms with Crippen LogP contribution in [0, 0.1) is 0 Å². The lowest BCUT2D eigenvalue weighted by atomic mass is 10.1. The molecule has 1 rings (SSSR count). The number of nitrogens with one attached hydrogen (secondary N) is 2. The highest BCUT2D eigenvalue weighted by Crippen LogP contribution is 2.13. The number of hydrogen-bond acceptors (Lipinski definition) is 4. The zero-order valence-electron chi connectivity index (χ0n) is 16.3. The van der Waals surface area contributed by atoms with Crippen molar-refractivity contribution in [1.82, 2.24) is 14.9 Å². The van der Waals surface area contributed by atoms with Crippen LogP contribution in [0.25, 0.3) is 0 Å². The molecule has 7 nitrogen and oxygen atoms in total. The van der Waals surface area contributed by atoms with Gasteiger partial charge in [0.2, 0.25) is 15.9 Å². The number of likely N-dealkylation sites (N-methyl/N-ethyl adjacent to an activating group) is 1. The van der Waals surface area contributed by atoms with E-state index >= 15 is 0 Å².